The van der Waals surface area contributed by atoms with Gasteiger partial charge in [-0.1, -0.05) is 30.3 Å². The maximum atomic E-state index is 11.7. The molecule has 1 amide bonds. The van der Waals surface area contributed by atoms with E-state index >= 15 is 0 Å². The molecule has 0 spiro atoms. The predicted molar refractivity (Wildman–Crippen MR) is 80.0 cm³/mol. The topological polar surface area (TPSA) is 50.4 Å². The third-order valence-electron chi connectivity index (χ3n) is 2.55. The summed E-state index contributed by atoms with van der Waals surface area (Å²) in [6.07, 6.45) is 2.01. The number of carbonyl (C=O) groups excluding carboxylic acids is 1. The van der Waals surface area contributed by atoms with Crippen LogP contribution in [0, 0.1) is 0 Å². The van der Waals surface area contributed by atoms with Crippen LogP contribution in [0.2, 0.25) is 0 Å². The quantitative estimate of drug-likeness (QED) is 0.589. The smallest absolute Gasteiger partial charge is 0.226 e. The average Bonchev–Trinajstić information content (AvgIpc) is 2.42. The predicted octanol–water partition coefficient (Wildman–Crippen LogP) is 1.65. The van der Waals surface area contributed by atoms with Gasteiger partial charge in [-0.05, 0) is 30.6 Å². The first-order valence-electron chi connectivity index (χ1n) is 6.33. The number of benzene rings is 1. The molecular weight excluding hydrogens is 260 g/mol. The second-order valence-electron chi connectivity index (χ2n) is 4.14. The molecule has 19 heavy (non-hydrogen) atoms. The number of aryl methyl sites for hydroxylation is 1. The molecule has 0 unspecified atom stereocenters. The van der Waals surface area contributed by atoms with E-state index in [1.54, 1.807) is 7.11 Å². The summed E-state index contributed by atoms with van der Waals surface area (Å²) < 4.78 is 4.92. The maximum absolute atomic E-state index is 11.7. The number of thiocarbonyl (C=S) groups is 1. The summed E-state index contributed by atoms with van der Waals surface area (Å²) in [6.45, 7) is 1.38. The Bertz CT molecular complexity index is 396. The van der Waals surface area contributed by atoms with Gasteiger partial charge in [-0.2, -0.15) is 0 Å². The lowest BCUT2D eigenvalue weighted by Gasteiger charge is -2.09. The van der Waals surface area contributed by atoms with E-state index in [1.165, 1.54) is 0 Å². The number of rotatable bonds is 7. The molecule has 1 aromatic rings. The monoisotopic (exact) mass is 280 g/mol. The van der Waals surface area contributed by atoms with Gasteiger partial charge in [-0.15, -0.1) is 0 Å². The van der Waals surface area contributed by atoms with Gasteiger partial charge in [0, 0.05) is 26.7 Å². The van der Waals surface area contributed by atoms with Gasteiger partial charge in [-0.3, -0.25) is 4.79 Å². The first-order chi connectivity index (χ1) is 9.22. The fraction of sp³-hybridized carbons (Fsp3) is 0.429. The zero-order valence-corrected chi connectivity index (χ0v) is 12.0. The average molecular weight is 280 g/mol. The molecule has 0 fully saturated rings. The third kappa shape index (κ3) is 7.54. The number of hydrogen-bond acceptors (Lipinski definition) is 3. The lowest BCUT2D eigenvalue weighted by atomic mass is 10.1. The van der Waals surface area contributed by atoms with Crippen molar-refractivity contribution in [2.24, 2.45) is 0 Å². The first-order valence-corrected chi connectivity index (χ1v) is 6.73. The Morgan fingerprint density at radius 1 is 1.32 bits per heavy atom. The summed E-state index contributed by atoms with van der Waals surface area (Å²) in [5, 5.41) is 6.02. The number of ether oxygens (including phenoxy) is 1. The normalized spacial score (nSPS) is 9.95. The molecule has 0 bridgehead atoms. The molecule has 0 aliphatic heterocycles. The van der Waals surface area contributed by atoms with E-state index in [0.29, 0.717) is 24.7 Å². The van der Waals surface area contributed by atoms with Gasteiger partial charge in [-0.25, -0.2) is 0 Å². The fourth-order valence-corrected chi connectivity index (χ4v) is 1.77. The van der Waals surface area contributed by atoms with Crippen molar-refractivity contribution in [2.45, 2.75) is 19.3 Å². The second-order valence-corrected chi connectivity index (χ2v) is 4.54. The van der Waals surface area contributed by atoms with Gasteiger partial charge in [0.05, 0.1) is 0 Å². The molecule has 5 heteroatoms. The van der Waals surface area contributed by atoms with Crippen LogP contribution in [0.25, 0.3) is 0 Å². The summed E-state index contributed by atoms with van der Waals surface area (Å²) in [5.41, 5.74) is 1.15. The molecule has 0 aliphatic carbocycles. The zero-order valence-electron chi connectivity index (χ0n) is 11.1. The third-order valence-corrected chi connectivity index (χ3v) is 2.79. The van der Waals surface area contributed by atoms with Crippen LogP contribution in [0.15, 0.2) is 30.3 Å². The molecule has 0 heterocycles. The van der Waals surface area contributed by atoms with Crippen molar-refractivity contribution in [3.63, 3.8) is 0 Å². The van der Waals surface area contributed by atoms with Crippen LogP contribution >= 0.6 is 12.2 Å². The molecule has 0 aliphatic rings. The van der Waals surface area contributed by atoms with Crippen LogP contribution in [0.4, 0.5) is 0 Å². The van der Waals surface area contributed by atoms with Crippen LogP contribution < -0.4 is 10.6 Å². The van der Waals surface area contributed by atoms with Crippen molar-refractivity contribution in [2.75, 3.05) is 20.3 Å². The molecule has 1 aromatic carbocycles. The van der Waals surface area contributed by atoms with Crippen molar-refractivity contribution >= 4 is 23.2 Å². The van der Waals surface area contributed by atoms with Gasteiger partial charge in [0.15, 0.2) is 5.11 Å². The van der Waals surface area contributed by atoms with Gasteiger partial charge < -0.3 is 15.4 Å². The molecule has 1 rings (SSSR count). The molecule has 0 radical (unpaired) electrons. The largest absolute Gasteiger partial charge is 0.385 e. The Hall–Kier alpha value is -1.46. The van der Waals surface area contributed by atoms with Crippen molar-refractivity contribution in [3.8, 4) is 0 Å². The Morgan fingerprint density at radius 2 is 2.05 bits per heavy atom. The van der Waals surface area contributed by atoms with Crippen LogP contribution in [-0.2, 0) is 16.0 Å². The van der Waals surface area contributed by atoms with E-state index in [0.717, 1.165) is 18.4 Å². The Kier molecular flexibility index (Phi) is 7.77. The Labute approximate surface area is 119 Å². The minimum atomic E-state index is -0.0619. The van der Waals surface area contributed by atoms with E-state index < -0.39 is 0 Å². The highest BCUT2D eigenvalue weighted by molar-refractivity contribution is 7.80. The lowest BCUT2D eigenvalue weighted by molar-refractivity contribution is -0.119. The molecule has 0 saturated carbocycles. The molecule has 104 valence electrons. The summed E-state index contributed by atoms with van der Waals surface area (Å²) in [7, 11) is 1.66. The number of amides is 1. The summed E-state index contributed by atoms with van der Waals surface area (Å²) >= 11 is 5.03. The Morgan fingerprint density at radius 3 is 2.74 bits per heavy atom. The van der Waals surface area contributed by atoms with E-state index in [9.17, 15) is 4.79 Å². The van der Waals surface area contributed by atoms with E-state index in [2.05, 4.69) is 10.6 Å². The number of carbonyl (C=O) groups is 1. The molecule has 2 N–H and O–H groups in total. The lowest BCUT2D eigenvalue weighted by Crippen LogP contribution is -2.39. The van der Waals surface area contributed by atoms with E-state index in [-0.39, 0.29) is 5.91 Å². The highest BCUT2D eigenvalue weighted by Gasteiger charge is 2.04. The van der Waals surface area contributed by atoms with Gasteiger partial charge in [0.2, 0.25) is 5.91 Å². The van der Waals surface area contributed by atoms with Crippen LogP contribution in [0.3, 0.4) is 0 Å². The minimum absolute atomic E-state index is 0.0619. The van der Waals surface area contributed by atoms with Gasteiger partial charge in [0.1, 0.15) is 0 Å². The van der Waals surface area contributed by atoms with Gasteiger partial charge in [0.25, 0.3) is 0 Å². The zero-order chi connectivity index (χ0) is 13.9. The summed E-state index contributed by atoms with van der Waals surface area (Å²) in [5.74, 6) is -0.0619. The number of hydrogen-bond donors (Lipinski definition) is 2. The summed E-state index contributed by atoms with van der Waals surface area (Å²) in [4.78, 5) is 11.7. The number of nitrogens with one attached hydrogen (secondary N) is 2. The van der Waals surface area contributed by atoms with Crippen LogP contribution in [-0.4, -0.2) is 31.3 Å². The van der Waals surface area contributed by atoms with E-state index in [1.807, 2.05) is 30.3 Å². The summed E-state index contributed by atoms with van der Waals surface area (Å²) in [6, 6.07) is 9.91. The van der Waals surface area contributed by atoms with Crippen LogP contribution in [0.5, 0.6) is 0 Å². The standard InChI is InChI=1S/C14H20N2O2S/c1-18-11-5-10-15-14(19)16-13(17)9-8-12-6-3-2-4-7-12/h2-4,6-7H,5,8-11H2,1H3,(H2,15,16,17,19). The molecule has 0 atom stereocenters. The van der Waals surface area contributed by atoms with Gasteiger partial charge >= 0.3 is 0 Å². The van der Waals surface area contributed by atoms with Crippen molar-refractivity contribution < 1.29 is 9.53 Å². The highest BCUT2D eigenvalue weighted by Crippen LogP contribution is 2.01. The molecular formula is C14H20N2O2S. The maximum Gasteiger partial charge on any atom is 0.226 e. The molecule has 4 nitrogen and oxygen atoms in total. The second kappa shape index (κ2) is 9.47. The van der Waals surface area contributed by atoms with Crippen molar-refractivity contribution in [1.29, 1.82) is 0 Å². The van der Waals surface area contributed by atoms with Crippen molar-refractivity contribution in [3.05, 3.63) is 35.9 Å². The molecule has 0 aromatic heterocycles. The van der Waals surface area contributed by atoms with Crippen LogP contribution in [0.1, 0.15) is 18.4 Å². The highest BCUT2D eigenvalue weighted by atomic mass is 32.1. The first kappa shape index (κ1) is 15.6. The van der Waals surface area contributed by atoms with E-state index in [4.69, 9.17) is 17.0 Å². The van der Waals surface area contributed by atoms with Crippen molar-refractivity contribution in [1.82, 2.24) is 10.6 Å². The molecule has 0 saturated heterocycles. The fourth-order valence-electron chi connectivity index (χ4n) is 1.55. The SMILES string of the molecule is COCCCNC(=S)NC(=O)CCc1ccccc1. The Balaban J connectivity index is 2.15. The minimum Gasteiger partial charge on any atom is -0.385 e. The number of methoxy groups -OCH3 is 1.